The first kappa shape index (κ1) is 47.0. The van der Waals surface area contributed by atoms with Crippen molar-refractivity contribution in [1.82, 2.24) is 29.5 Å². The average molecular weight is 948 g/mol. The van der Waals surface area contributed by atoms with Gasteiger partial charge in [0.2, 0.25) is 11.7 Å². The standard InChI is InChI=1S/C50H61N9O8S/c1-32(2)40-7-5-6-8-41(40)44-31-57(33(3)60)21-22-58(44)37-26-50(27-37)16-19-56(20-17-50)36-9-10-42(45(24-36)67-38-23-35-13-18-51-46(35)53-29-38)48(61)55-68(65,66)39-25-43(59(63)64)47(54-30-39)52-28-34-11-14-49(4,62)15-12-34/h5-10,13,18,23-25,29-30,32,34,37,44,62H,11-12,14-17,19-22,26-28,31H2,1-4H3,(H,51,53)(H,52,54)(H,55,61)/t34-,44-,49-/m1/s1. The van der Waals surface area contributed by atoms with E-state index in [4.69, 9.17) is 4.74 Å². The van der Waals surface area contributed by atoms with Crippen LogP contribution in [0.3, 0.4) is 0 Å². The number of H-pyrrole nitrogens is 1. The number of carbonyl (C=O) groups is 2. The molecule has 1 spiro atoms. The molecular formula is C50H61N9O8S. The van der Waals surface area contributed by atoms with Gasteiger partial charge in [0, 0.05) is 81.6 Å². The molecule has 0 unspecified atom stereocenters. The molecule has 0 radical (unpaired) electrons. The molecule has 5 aromatic rings. The zero-order chi connectivity index (χ0) is 48.0. The number of piperazine rings is 1. The summed E-state index contributed by atoms with van der Waals surface area (Å²) in [6.07, 6.45) is 11.1. The summed E-state index contributed by atoms with van der Waals surface area (Å²) in [7, 11) is -4.65. The molecule has 18 heteroatoms. The summed E-state index contributed by atoms with van der Waals surface area (Å²) in [6.45, 7) is 12.1. The number of fused-ring (bicyclic) bond motifs is 1. The van der Waals surface area contributed by atoms with Crippen LogP contribution in [-0.2, 0) is 14.8 Å². The van der Waals surface area contributed by atoms with Crippen LogP contribution in [0, 0.1) is 21.4 Å². The number of anilines is 2. The van der Waals surface area contributed by atoms with E-state index >= 15 is 0 Å². The summed E-state index contributed by atoms with van der Waals surface area (Å²) in [6, 6.07) is 18.8. The molecule has 2 aliphatic heterocycles. The Balaban J connectivity index is 0.901. The molecule has 4 N–H and O–H groups in total. The van der Waals surface area contributed by atoms with Crippen molar-refractivity contribution in [3.8, 4) is 11.5 Å². The van der Waals surface area contributed by atoms with E-state index in [-0.39, 0.29) is 40.4 Å². The number of hydrogen-bond donors (Lipinski definition) is 4. The lowest BCUT2D eigenvalue weighted by molar-refractivity contribution is -0.384. The Kier molecular flexibility index (Phi) is 13.0. The van der Waals surface area contributed by atoms with Crippen LogP contribution in [0.1, 0.15) is 113 Å². The van der Waals surface area contributed by atoms with E-state index in [0.717, 1.165) is 88.0 Å². The Bertz CT molecular complexity index is 2810. The van der Waals surface area contributed by atoms with Gasteiger partial charge in [-0.2, -0.15) is 0 Å². The number of benzene rings is 2. The van der Waals surface area contributed by atoms with Gasteiger partial charge >= 0.3 is 5.69 Å². The van der Waals surface area contributed by atoms with Crippen molar-refractivity contribution in [2.45, 2.75) is 108 Å². The van der Waals surface area contributed by atoms with Gasteiger partial charge in [0.15, 0.2) is 0 Å². The number of aliphatic hydroxyl groups is 1. The molecule has 1 atom stereocenters. The second-order valence-corrected chi connectivity index (χ2v) is 21.7. The highest BCUT2D eigenvalue weighted by molar-refractivity contribution is 7.90. The Labute approximate surface area is 396 Å². The van der Waals surface area contributed by atoms with E-state index in [9.17, 15) is 33.2 Å². The number of sulfonamides is 1. The van der Waals surface area contributed by atoms with Crippen molar-refractivity contribution in [2.24, 2.45) is 11.3 Å². The van der Waals surface area contributed by atoms with Crippen molar-refractivity contribution in [3.05, 3.63) is 106 Å². The fourth-order valence-corrected chi connectivity index (χ4v) is 11.8. The third-order valence-corrected chi connectivity index (χ3v) is 16.3. The molecule has 5 heterocycles. The number of pyridine rings is 2. The van der Waals surface area contributed by atoms with E-state index in [1.54, 1.807) is 38.2 Å². The Morgan fingerprint density at radius 1 is 0.985 bits per heavy atom. The van der Waals surface area contributed by atoms with Gasteiger partial charge in [0.1, 0.15) is 22.0 Å². The van der Waals surface area contributed by atoms with Crippen molar-refractivity contribution in [3.63, 3.8) is 0 Å². The molecule has 2 amide bonds. The second kappa shape index (κ2) is 18.8. The predicted octanol–water partition coefficient (Wildman–Crippen LogP) is 7.91. The quantitative estimate of drug-likeness (QED) is 0.0653. The first-order valence-electron chi connectivity index (χ1n) is 23.7. The number of nitro groups is 1. The molecular weight excluding hydrogens is 887 g/mol. The molecule has 2 aliphatic carbocycles. The number of carbonyl (C=O) groups excluding carboxylic acids is 2. The molecule has 2 saturated carbocycles. The minimum absolute atomic E-state index is 0.0625. The van der Waals surface area contributed by atoms with Crippen LogP contribution in [0.4, 0.5) is 17.2 Å². The molecule has 4 aliphatic rings. The van der Waals surface area contributed by atoms with Crippen molar-refractivity contribution in [1.29, 1.82) is 0 Å². The largest absolute Gasteiger partial charge is 0.455 e. The lowest BCUT2D eigenvalue weighted by Gasteiger charge is -2.58. The van der Waals surface area contributed by atoms with Gasteiger partial charge in [-0.05, 0) is 111 Å². The molecule has 9 rings (SSSR count). The van der Waals surface area contributed by atoms with Gasteiger partial charge in [-0.15, -0.1) is 0 Å². The summed E-state index contributed by atoms with van der Waals surface area (Å²) in [4.78, 5) is 56.0. The Morgan fingerprint density at radius 2 is 1.74 bits per heavy atom. The normalized spacial score (nSPS) is 22.3. The number of nitrogens with zero attached hydrogens (tertiary/aromatic N) is 6. The number of aromatic amines is 1. The van der Waals surface area contributed by atoms with Crippen LogP contribution < -0.4 is 19.7 Å². The van der Waals surface area contributed by atoms with Gasteiger partial charge < -0.3 is 29.9 Å². The number of piperidine rings is 1. The zero-order valence-electron chi connectivity index (χ0n) is 39.1. The number of aromatic nitrogens is 3. The lowest BCUT2D eigenvalue weighted by atomic mass is 9.59. The van der Waals surface area contributed by atoms with Crippen LogP contribution in [-0.4, -0.2) is 106 Å². The predicted molar refractivity (Wildman–Crippen MR) is 258 cm³/mol. The third kappa shape index (κ3) is 9.89. The summed E-state index contributed by atoms with van der Waals surface area (Å²) in [5, 5.41) is 26.2. The van der Waals surface area contributed by atoms with Gasteiger partial charge in [-0.25, -0.2) is 23.1 Å². The summed E-state index contributed by atoms with van der Waals surface area (Å²) >= 11 is 0. The van der Waals surface area contributed by atoms with Gasteiger partial charge in [-0.3, -0.25) is 24.6 Å². The number of nitrogens with one attached hydrogen (secondary N) is 3. The van der Waals surface area contributed by atoms with E-state index in [0.29, 0.717) is 49.3 Å². The minimum Gasteiger partial charge on any atom is -0.455 e. The van der Waals surface area contributed by atoms with Crippen LogP contribution >= 0.6 is 0 Å². The molecule has 2 aromatic carbocycles. The molecule has 3 aromatic heterocycles. The van der Waals surface area contributed by atoms with E-state index in [1.165, 1.54) is 23.4 Å². The SMILES string of the molecule is CC(=O)N1CCN(C2CC3(CCN(c4ccc(C(=O)NS(=O)(=O)c5cnc(NC[C@H]6CC[C@](C)(O)CC6)c([N+](=O)[O-])c5)c(Oc5cnc6[nH]ccc6c5)c4)CC3)C2)[C@@H](c2ccccc2C(C)C)C1. The highest BCUT2D eigenvalue weighted by atomic mass is 32.2. The van der Waals surface area contributed by atoms with Crippen LogP contribution in [0.5, 0.6) is 11.5 Å². The van der Waals surface area contributed by atoms with Crippen LogP contribution in [0.15, 0.2) is 84.1 Å². The average Bonchev–Trinajstić information content (AvgIpc) is 3.78. The van der Waals surface area contributed by atoms with Crippen molar-refractivity contribution in [2.75, 3.05) is 49.5 Å². The maximum atomic E-state index is 14.0. The Hall–Kier alpha value is -6.11. The summed E-state index contributed by atoms with van der Waals surface area (Å²) in [5.41, 5.74) is 2.96. The fourth-order valence-electron chi connectivity index (χ4n) is 10.9. The monoisotopic (exact) mass is 947 g/mol. The van der Waals surface area contributed by atoms with E-state index in [1.807, 2.05) is 11.0 Å². The second-order valence-electron chi connectivity index (χ2n) is 20.0. The number of amides is 2. The van der Waals surface area contributed by atoms with Gasteiger partial charge in [0.05, 0.1) is 34.5 Å². The summed E-state index contributed by atoms with van der Waals surface area (Å²) < 4.78 is 35.9. The van der Waals surface area contributed by atoms with E-state index in [2.05, 4.69) is 72.9 Å². The molecule has 17 nitrogen and oxygen atoms in total. The Morgan fingerprint density at radius 3 is 2.46 bits per heavy atom. The third-order valence-electron chi connectivity index (χ3n) is 15.0. The minimum atomic E-state index is -4.65. The van der Waals surface area contributed by atoms with Crippen LogP contribution in [0.2, 0.25) is 0 Å². The van der Waals surface area contributed by atoms with Crippen molar-refractivity contribution >= 4 is 50.1 Å². The highest BCUT2D eigenvalue weighted by Gasteiger charge is 2.50. The van der Waals surface area contributed by atoms with Crippen molar-refractivity contribution < 1.29 is 32.8 Å². The maximum absolute atomic E-state index is 14.0. The maximum Gasteiger partial charge on any atom is 0.312 e. The first-order chi connectivity index (χ1) is 32.5. The summed E-state index contributed by atoms with van der Waals surface area (Å²) in [5.74, 6) is 0.0160. The molecule has 360 valence electrons. The van der Waals surface area contributed by atoms with Gasteiger partial charge in [0.25, 0.3) is 15.9 Å². The topological polar surface area (TPSA) is 216 Å². The fraction of sp³-hybridized carbons (Fsp3) is 0.480. The molecule has 2 saturated heterocycles. The highest BCUT2D eigenvalue weighted by Crippen LogP contribution is 2.53. The lowest BCUT2D eigenvalue weighted by Crippen LogP contribution is -2.60. The van der Waals surface area contributed by atoms with E-state index < -0.39 is 37.0 Å². The number of rotatable bonds is 13. The van der Waals surface area contributed by atoms with Gasteiger partial charge in [-0.1, -0.05) is 38.1 Å². The zero-order valence-corrected chi connectivity index (χ0v) is 39.9. The molecule has 0 bridgehead atoms. The molecule has 4 fully saturated rings. The smallest absolute Gasteiger partial charge is 0.312 e. The molecule has 68 heavy (non-hydrogen) atoms. The van der Waals surface area contributed by atoms with Crippen LogP contribution in [0.25, 0.3) is 11.0 Å². The number of hydrogen-bond acceptors (Lipinski definition) is 13. The first-order valence-corrected chi connectivity index (χ1v) is 25.2. The number of ether oxygens (including phenoxy) is 1.